The van der Waals surface area contributed by atoms with Gasteiger partial charge in [-0.05, 0) is 96.3 Å². The van der Waals surface area contributed by atoms with Crippen molar-refractivity contribution in [2.24, 2.45) is 0 Å². The molecule has 356 valence electrons. The average Bonchev–Trinajstić information content (AvgIpc) is 3.26. The molecule has 0 aromatic carbocycles. The van der Waals surface area contributed by atoms with E-state index < -0.39 is 12.1 Å². The first-order chi connectivity index (χ1) is 30.0. The number of unbranched alkanes of at least 4 members (excludes halogenated alkanes) is 31. The van der Waals surface area contributed by atoms with Crippen LogP contribution in [0.4, 0.5) is 0 Å². The van der Waals surface area contributed by atoms with Crippen molar-refractivity contribution >= 4 is 11.9 Å². The van der Waals surface area contributed by atoms with Crippen LogP contribution in [0.2, 0.25) is 0 Å². The minimum absolute atomic E-state index is 0.0291. The standard InChI is InChI=1S/C55H101NO5/c1-3-5-7-9-11-13-15-17-18-19-20-21-22-24-29-33-37-41-45-49-55(60)61-50-46-42-38-34-30-26-25-28-32-36-40-44-48-54(59)56-52(51-57)53(58)47-43-39-35-31-27-23-16-14-12-10-8-6-4-2/h11,13,17-18,26,30,43,47,52-53,57-58H,3-10,12,14-16,19-25,27-29,31-42,44-46,48-51H2,1-2H3,(H,56,59)/b13-11-,18-17-,30-26-,47-43+. The Kier molecular flexibility index (Phi) is 48.7. The molecule has 2 unspecified atom stereocenters. The highest BCUT2D eigenvalue weighted by atomic mass is 16.5. The van der Waals surface area contributed by atoms with Gasteiger partial charge < -0.3 is 20.3 Å². The third kappa shape index (κ3) is 47.1. The van der Waals surface area contributed by atoms with E-state index in [1.165, 1.54) is 148 Å². The van der Waals surface area contributed by atoms with E-state index in [1.54, 1.807) is 6.08 Å². The van der Waals surface area contributed by atoms with Crippen LogP contribution < -0.4 is 5.32 Å². The van der Waals surface area contributed by atoms with Crippen molar-refractivity contribution < 1.29 is 24.5 Å². The maximum Gasteiger partial charge on any atom is 0.305 e. The lowest BCUT2D eigenvalue weighted by molar-refractivity contribution is -0.143. The number of esters is 1. The molecule has 6 heteroatoms. The molecule has 0 radical (unpaired) electrons. The average molecular weight is 856 g/mol. The topological polar surface area (TPSA) is 95.9 Å². The van der Waals surface area contributed by atoms with Gasteiger partial charge in [-0.1, -0.05) is 204 Å². The van der Waals surface area contributed by atoms with E-state index in [2.05, 4.69) is 55.6 Å². The summed E-state index contributed by atoms with van der Waals surface area (Å²) in [6.07, 6.45) is 62.5. The van der Waals surface area contributed by atoms with Crippen LogP contribution in [0.5, 0.6) is 0 Å². The summed E-state index contributed by atoms with van der Waals surface area (Å²) in [5.74, 6) is -0.125. The SMILES string of the molecule is CCCCC/C=C\C/C=C\CCCCCCCCCCCC(=O)OCCCCC/C=C\CCCCCCCC(=O)NC(CO)C(O)/C=C/CCCCCCCCCCCCC. The number of aliphatic hydroxyl groups excluding tert-OH is 2. The first-order valence-electron chi connectivity index (χ1n) is 26.4. The molecule has 0 aromatic rings. The molecular weight excluding hydrogens is 755 g/mol. The largest absolute Gasteiger partial charge is 0.466 e. The molecule has 0 aromatic heterocycles. The summed E-state index contributed by atoms with van der Waals surface area (Å²) in [7, 11) is 0. The number of allylic oxidation sites excluding steroid dienone is 7. The van der Waals surface area contributed by atoms with E-state index in [0.717, 1.165) is 89.9 Å². The van der Waals surface area contributed by atoms with Crippen LogP contribution >= 0.6 is 0 Å². The third-order valence-corrected chi connectivity index (χ3v) is 11.8. The van der Waals surface area contributed by atoms with Gasteiger partial charge in [-0.3, -0.25) is 9.59 Å². The molecule has 0 bridgehead atoms. The lowest BCUT2D eigenvalue weighted by Crippen LogP contribution is -2.45. The van der Waals surface area contributed by atoms with Gasteiger partial charge in [0.2, 0.25) is 5.91 Å². The van der Waals surface area contributed by atoms with Crippen molar-refractivity contribution in [3.63, 3.8) is 0 Å². The summed E-state index contributed by atoms with van der Waals surface area (Å²) in [4.78, 5) is 24.5. The highest BCUT2D eigenvalue weighted by Gasteiger charge is 2.18. The Labute approximate surface area is 378 Å². The molecule has 0 spiro atoms. The molecule has 0 fully saturated rings. The molecule has 0 saturated carbocycles. The predicted molar refractivity (Wildman–Crippen MR) is 264 cm³/mol. The second kappa shape index (κ2) is 50.5. The quantitative estimate of drug-likeness (QED) is 0.0322. The van der Waals surface area contributed by atoms with Crippen LogP contribution in [0.15, 0.2) is 48.6 Å². The highest BCUT2D eigenvalue weighted by molar-refractivity contribution is 5.76. The van der Waals surface area contributed by atoms with Crippen molar-refractivity contribution in [2.75, 3.05) is 13.2 Å². The second-order valence-electron chi connectivity index (χ2n) is 17.8. The van der Waals surface area contributed by atoms with E-state index in [0.29, 0.717) is 19.4 Å². The monoisotopic (exact) mass is 856 g/mol. The van der Waals surface area contributed by atoms with Crippen molar-refractivity contribution in [2.45, 2.75) is 276 Å². The Balaban J connectivity index is 3.52. The number of nitrogens with one attached hydrogen (secondary N) is 1. The van der Waals surface area contributed by atoms with Crippen LogP contribution in [0, 0.1) is 0 Å². The maximum atomic E-state index is 12.4. The van der Waals surface area contributed by atoms with Crippen LogP contribution in [0.1, 0.15) is 264 Å². The number of rotatable bonds is 48. The third-order valence-electron chi connectivity index (χ3n) is 11.8. The van der Waals surface area contributed by atoms with Gasteiger partial charge in [-0.15, -0.1) is 0 Å². The Hall–Kier alpha value is -2.18. The molecule has 2 atom stereocenters. The lowest BCUT2D eigenvalue weighted by atomic mass is 10.0. The van der Waals surface area contributed by atoms with E-state index >= 15 is 0 Å². The maximum absolute atomic E-state index is 12.4. The Bertz CT molecular complexity index is 1040. The first kappa shape index (κ1) is 58.8. The number of amides is 1. The molecule has 1 amide bonds. The first-order valence-corrected chi connectivity index (χ1v) is 26.4. The number of carbonyl (C=O) groups is 2. The van der Waals surface area contributed by atoms with Gasteiger partial charge in [0.15, 0.2) is 0 Å². The smallest absolute Gasteiger partial charge is 0.305 e. The fraction of sp³-hybridized carbons (Fsp3) is 0.818. The summed E-state index contributed by atoms with van der Waals surface area (Å²) in [5.41, 5.74) is 0. The van der Waals surface area contributed by atoms with Gasteiger partial charge in [0, 0.05) is 12.8 Å². The molecule has 0 aliphatic heterocycles. The molecule has 0 heterocycles. The molecule has 0 saturated heterocycles. The summed E-state index contributed by atoms with van der Waals surface area (Å²) >= 11 is 0. The summed E-state index contributed by atoms with van der Waals surface area (Å²) < 4.78 is 5.45. The number of carbonyl (C=O) groups excluding carboxylic acids is 2. The van der Waals surface area contributed by atoms with Crippen LogP contribution in [-0.4, -0.2) is 47.4 Å². The van der Waals surface area contributed by atoms with E-state index in [-0.39, 0.29) is 18.5 Å². The second-order valence-corrected chi connectivity index (χ2v) is 17.8. The molecule has 3 N–H and O–H groups in total. The van der Waals surface area contributed by atoms with Crippen LogP contribution in [-0.2, 0) is 14.3 Å². The van der Waals surface area contributed by atoms with Gasteiger partial charge in [-0.2, -0.15) is 0 Å². The predicted octanol–water partition coefficient (Wildman–Crippen LogP) is 15.8. The normalized spacial score (nSPS) is 13.0. The van der Waals surface area contributed by atoms with Crippen molar-refractivity contribution in [3.8, 4) is 0 Å². The minimum Gasteiger partial charge on any atom is -0.466 e. The number of ether oxygens (including phenoxy) is 1. The Morgan fingerprint density at radius 1 is 0.459 bits per heavy atom. The Morgan fingerprint density at radius 2 is 0.820 bits per heavy atom. The minimum atomic E-state index is -0.861. The molecule has 0 rings (SSSR count). The van der Waals surface area contributed by atoms with E-state index in [1.807, 2.05) is 6.08 Å². The summed E-state index contributed by atoms with van der Waals surface area (Å²) in [6.45, 7) is 4.80. The zero-order chi connectivity index (χ0) is 44.4. The van der Waals surface area contributed by atoms with Crippen molar-refractivity contribution in [1.29, 1.82) is 0 Å². The zero-order valence-electron chi connectivity index (χ0n) is 40.4. The van der Waals surface area contributed by atoms with E-state index in [9.17, 15) is 19.8 Å². The molecule has 6 nitrogen and oxygen atoms in total. The molecule has 0 aliphatic rings. The fourth-order valence-electron chi connectivity index (χ4n) is 7.71. The van der Waals surface area contributed by atoms with Crippen LogP contribution in [0.25, 0.3) is 0 Å². The Morgan fingerprint density at radius 3 is 1.30 bits per heavy atom. The van der Waals surface area contributed by atoms with Gasteiger partial charge in [0.1, 0.15) is 0 Å². The van der Waals surface area contributed by atoms with Gasteiger partial charge >= 0.3 is 5.97 Å². The zero-order valence-corrected chi connectivity index (χ0v) is 40.4. The number of hydrogen-bond acceptors (Lipinski definition) is 5. The molecule has 0 aliphatic carbocycles. The summed E-state index contributed by atoms with van der Waals surface area (Å²) in [5, 5.41) is 23.0. The lowest BCUT2D eigenvalue weighted by Gasteiger charge is -2.20. The highest BCUT2D eigenvalue weighted by Crippen LogP contribution is 2.15. The summed E-state index contributed by atoms with van der Waals surface area (Å²) in [6, 6.07) is -0.647. The van der Waals surface area contributed by atoms with Crippen LogP contribution in [0.3, 0.4) is 0 Å². The fourth-order valence-corrected chi connectivity index (χ4v) is 7.71. The van der Waals surface area contributed by atoms with Gasteiger partial charge in [0.25, 0.3) is 0 Å². The number of hydrogen-bond donors (Lipinski definition) is 3. The van der Waals surface area contributed by atoms with Crippen molar-refractivity contribution in [1.82, 2.24) is 5.32 Å². The van der Waals surface area contributed by atoms with Gasteiger partial charge in [0.05, 0.1) is 25.4 Å². The molecular formula is C55H101NO5. The van der Waals surface area contributed by atoms with Gasteiger partial charge in [-0.25, -0.2) is 0 Å². The van der Waals surface area contributed by atoms with E-state index in [4.69, 9.17) is 4.74 Å². The van der Waals surface area contributed by atoms with Crippen molar-refractivity contribution in [3.05, 3.63) is 48.6 Å². The number of aliphatic hydroxyl groups is 2. The molecule has 61 heavy (non-hydrogen) atoms.